The maximum Gasteiger partial charge on any atom is 1.00 e. The fourth-order valence-corrected chi connectivity index (χ4v) is 10.5. The monoisotopic (exact) mass is 826 g/mol. The first-order valence-electron chi connectivity index (χ1n) is 21.6. The fourth-order valence-electron chi connectivity index (χ4n) is 10.5. The molecule has 6 fully saturated rings. The van der Waals surface area contributed by atoms with Gasteiger partial charge in [-0.25, -0.2) is 0 Å². The van der Waals surface area contributed by atoms with E-state index < -0.39 is 71.7 Å². The Morgan fingerprint density at radius 2 is 1.76 bits per heavy atom. The van der Waals surface area contributed by atoms with Crippen LogP contribution in [0.1, 0.15) is 125 Å². The summed E-state index contributed by atoms with van der Waals surface area (Å²) in [6.07, 6.45) is 9.10. The number of fused-ring (bicyclic) bond motifs is 1. The topological polar surface area (TPSA) is 186 Å². The zero-order valence-corrected chi connectivity index (χ0v) is 37.5. The van der Waals surface area contributed by atoms with Crippen molar-refractivity contribution < 1.29 is 93.0 Å². The van der Waals surface area contributed by atoms with E-state index in [1.165, 1.54) is 6.92 Å². The molecule has 0 radical (unpaired) electrons. The number of carboxylic acids is 1. The first-order valence-corrected chi connectivity index (χ1v) is 21.6. The molecule has 1 unspecified atom stereocenters. The molecule has 0 bridgehead atoms. The summed E-state index contributed by atoms with van der Waals surface area (Å²) in [5.74, 6) is -4.11. The van der Waals surface area contributed by atoms with Crippen LogP contribution in [0, 0.1) is 17.8 Å². The van der Waals surface area contributed by atoms with Crippen molar-refractivity contribution in [2.24, 2.45) is 17.8 Å². The Labute approximate surface area is 366 Å². The number of ether oxygens (including phenoxy) is 7. The summed E-state index contributed by atoms with van der Waals surface area (Å²) in [7, 11) is 0. The minimum absolute atomic E-state index is 0. The molecule has 0 aliphatic carbocycles. The van der Waals surface area contributed by atoms with E-state index in [4.69, 9.17) is 33.2 Å². The van der Waals surface area contributed by atoms with Crippen molar-refractivity contribution in [3.63, 3.8) is 0 Å². The van der Waals surface area contributed by atoms with Crippen LogP contribution in [-0.2, 0) is 38.0 Å². The van der Waals surface area contributed by atoms with E-state index in [9.17, 15) is 30.3 Å². The van der Waals surface area contributed by atoms with Crippen molar-refractivity contribution in [3.05, 3.63) is 36.0 Å². The molecule has 0 aromatic rings. The quantitative estimate of drug-likeness (QED) is 0.180. The van der Waals surface area contributed by atoms with Gasteiger partial charge in [-0.1, -0.05) is 45.1 Å². The number of rotatable bonds is 10. The maximum atomic E-state index is 11.5. The second-order valence-corrected chi connectivity index (χ2v) is 18.9. The average molecular weight is 827 g/mol. The van der Waals surface area contributed by atoms with Crippen LogP contribution in [0.2, 0.25) is 0 Å². The maximum absolute atomic E-state index is 11.5. The van der Waals surface area contributed by atoms with Crippen LogP contribution in [0.4, 0.5) is 0 Å². The minimum atomic E-state index is -2.07. The molecule has 13 nitrogen and oxygen atoms in total. The SMILES string of the molecule is C=C1[C@@H](O)[C@@H]2O[C@]3(CC[C@H](/C=C/[C@@H](C)[C@@H]4CC(C)=C[C@@]5(O[C@H](C[C@@](C)(O)C(=O)[O-])CC[C@H]5O)O4)O3)CC[C@H]2O[C@@H]1[C@@H](O)C[C@H](C)[C@H]1O[C@@]2(CCCCO2)CCC1C.[Na+]. The second kappa shape index (κ2) is 18.5. The van der Waals surface area contributed by atoms with Gasteiger partial charge >= 0.3 is 29.6 Å². The van der Waals surface area contributed by atoms with Gasteiger partial charge in [0.2, 0.25) is 5.79 Å². The van der Waals surface area contributed by atoms with Gasteiger partial charge in [0.15, 0.2) is 11.6 Å². The summed E-state index contributed by atoms with van der Waals surface area (Å²) >= 11 is 0. The van der Waals surface area contributed by atoms with E-state index >= 15 is 0 Å². The summed E-state index contributed by atoms with van der Waals surface area (Å²) in [5, 5.41) is 56.0. The molecule has 7 aliphatic heterocycles. The molecule has 7 rings (SSSR count). The van der Waals surface area contributed by atoms with Crippen molar-refractivity contribution in [1.29, 1.82) is 0 Å². The van der Waals surface area contributed by atoms with Gasteiger partial charge < -0.3 is 63.5 Å². The van der Waals surface area contributed by atoms with Crippen LogP contribution in [0.25, 0.3) is 0 Å². The number of carbonyl (C=O) groups excluding carboxylic acids is 1. The predicted octanol–water partition coefficient (Wildman–Crippen LogP) is 0.883. The van der Waals surface area contributed by atoms with Crippen LogP contribution in [0.3, 0.4) is 0 Å². The van der Waals surface area contributed by atoms with Crippen molar-refractivity contribution in [1.82, 2.24) is 0 Å². The third kappa shape index (κ3) is 9.89. The molecule has 6 saturated heterocycles. The van der Waals surface area contributed by atoms with Crippen molar-refractivity contribution >= 4 is 5.97 Å². The molecule has 0 saturated carbocycles. The molecule has 17 atom stereocenters. The smallest absolute Gasteiger partial charge is 0.547 e. The van der Waals surface area contributed by atoms with Gasteiger partial charge in [-0.05, 0) is 95.1 Å². The van der Waals surface area contributed by atoms with Gasteiger partial charge in [-0.2, -0.15) is 0 Å². The molecule has 7 heterocycles. The van der Waals surface area contributed by atoms with E-state index in [2.05, 4.69) is 20.4 Å². The summed E-state index contributed by atoms with van der Waals surface area (Å²) in [4.78, 5) is 11.5. The molecular weight excluding hydrogens is 759 g/mol. The standard InChI is InChI=1S/C44H68O13.Na/c1-25-21-34(55-44(23-25)35(46)12-11-31(54-44)24-41(6,50)40(48)49)26(2)9-10-30-14-18-43(53-30)19-15-33-39(57-43)36(47)29(5)38(52-33)32(45)22-28(4)37-27(3)13-17-42(56-37)16-7-8-20-51-42;/h9-10,23,26-28,30-39,45-47,50H,5,7-8,11-22,24H2,1-4,6H3,(H,48,49);/q;+1/p-1/b10-9+;/t26-,27?,28+,30+,31+,32+,33-,34+,35-,36-,37+,38+,39-,41-,42+,43-,44-;/m1./s1. The molecule has 14 heteroatoms. The summed E-state index contributed by atoms with van der Waals surface area (Å²) in [6, 6.07) is 0. The molecule has 0 amide bonds. The normalized spacial score (nSPS) is 44.6. The van der Waals surface area contributed by atoms with E-state index in [0.29, 0.717) is 56.4 Å². The van der Waals surface area contributed by atoms with E-state index in [-0.39, 0.29) is 66.1 Å². The Morgan fingerprint density at radius 1 is 1.02 bits per heavy atom. The van der Waals surface area contributed by atoms with Gasteiger partial charge in [-0.15, -0.1) is 0 Å². The molecule has 58 heavy (non-hydrogen) atoms. The van der Waals surface area contributed by atoms with E-state index in [1.807, 2.05) is 26.0 Å². The molecule has 322 valence electrons. The molecule has 0 aromatic heterocycles. The van der Waals surface area contributed by atoms with Gasteiger partial charge in [-0.3, -0.25) is 0 Å². The van der Waals surface area contributed by atoms with Crippen LogP contribution in [0.5, 0.6) is 0 Å². The largest absolute Gasteiger partial charge is 1.00 e. The Kier molecular flexibility index (Phi) is 14.9. The number of aliphatic carboxylic acids is 1. The molecule has 7 aliphatic rings. The minimum Gasteiger partial charge on any atom is -0.547 e. The Hall–Kier alpha value is -0.750. The second-order valence-electron chi connectivity index (χ2n) is 18.9. The van der Waals surface area contributed by atoms with Gasteiger partial charge in [0.1, 0.15) is 30.0 Å². The van der Waals surface area contributed by atoms with E-state index in [0.717, 1.165) is 50.7 Å². The summed E-state index contributed by atoms with van der Waals surface area (Å²) in [5.41, 5.74) is -0.677. The number of carboxylic acid groups (broad SMARTS) is 1. The van der Waals surface area contributed by atoms with Gasteiger partial charge in [0, 0.05) is 38.0 Å². The van der Waals surface area contributed by atoms with E-state index in [1.54, 1.807) is 6.08 Å². The molecule has 4 N–H and O–H groups in total. The molecular formula is C44H67NaO13. The third-order valence-corrected chi connectivity index (χ3v) is 14.0. The van der Waals surface area contributed by atoms with Crippen LogP contribution >= 0.6 is 0 Å². The van der Waals surface area contributed by atoms with Crippen LogP contribution in [0.15, 0.2) is 36.0 Å². The van der Waals surface area contributed by atoms with Crippen LogP contribution in [-0.4, -0.2) is 117 Å². The van der Waals surface area contributed by atoms with Crippen molar-refractivity contribution in [2.45, 2.75) is 209 Å². The zero-order chi connectivity index (χ0) is 40.9. The Bertz CT molecular complexity index is 1510. The Morgan fingerprint density at radius 3 is 2.48 bits per heavy atom. The summed E-state index contributed by atoms with van der Waals surface area (Å²) < 4.78 is 45.2. The number of hydrogen-bond acceptors (Lipinski definition) is 13. The van der Waals surface area contributed by atoms with Gasteiger partial charge in [0.05, 0.1) is 49.2 Å². The first kappa shape index (κ1) is 46.7. The predicted molar refractivity (Wildman–Crippen MR) is 205 cm³/mol. The number of hydrogen-bond donors (Lipinski definition) is 4. The third-order valence-electron chi connectivity index (χ3n) is 14.0. The average Bonchev–Trinajstić information content (AvgIpc) is 3.56. The molecule has 3 spiro atoms. The first-order chi connectivity index (χ1) is 26.9. The fraction of sp³-hybridized carbons (Fsp3) is 0.841. The van der Waals surface area contributed by atoms with Crippen molar-refractivity contribution in [2.75, 3.05) is 6.61 Å². The summed E-state index contributed by atoms with van der Waals surface area (Å²) in [6.45, 7) is 14.4. The molecule has 0 aromatic carbocycles. The number of carbonyl (C=O) groups is 1. The Balaban J connectivity index is 0.00000567. The van der Waals surface area contributed by atoms with Crippen molar-refractivity contribution in [3.8, 4) is 0 Å². The van der Waals surface area contributed by atoms with Crippen LogP contribution < -0.4 is 34.7 Å². The van der Waals surface area contributed by atoms with Gasteiger partial charge in [0.25, 0.3) is 0 Å². The number of aliphatic hydroxyl groups excluding tert-OH is 3. The zero-order valence-electron chi connectivity index (χ0n) is 35.5. The number of aliphatic hydroxyl groups is 4.